The second-order valence-electron chi connectivity index (χ2n) is 6.36. The molecule has 0 heterocycles. The highest BCUT2D eigenvalue weighted by Crippen LogP contribution is 2.23. The number of hydrogen-bond acceptors (Lipinski definition) is 3. The van der Waals surface area contributed by atoms with Crippen molar-refractivity contribution in [3.05, 3.63) is 30.3 Å². The summed E-state index contributed by atoms with van der Waals surface area (Å²) in [6.45, 7) is 5.63. The molecule has 2 rings (SSSR count). The van der Waals surface area contributed by atoms with Gasteiger partial charge in [0.1, 0.15) is 5.60 Å². The van der Waals surface area contributed by atoms with Crippen LogP contribution in [0.15, 0.2) is 30.3 Å². The van der Waals surface area contributed by atoms with Crippen LogP contribution in [0, 0.1) is 0 Å². The molecule has 1 fully saturated rings. The molecule has 20 heavy (non-hydrogen) atoms. The fourth-order valence-corrected chi connectivity index (χ4v) is 2.49. The lowest BCUT2D eigenvalue weighted by Gasteiger charge is -2.22. The molecule has 0 radical (unpaired) electrons. The molecule has 1 aliphatic rings. The molecule has 4 heteroatoms. The summed E-state index contributed by atoms with van der Waals surface area (Å²) in [5.41, 5.74) is 0.695. The maximum Gasteiger partial charge on any atom is 0.407 e. The number of ether oxygens (including phenoxy) is 1. The number of carbonyl (C=O) groups is 1. The number of benzene rings is 1. The van der Waals surface area contributed by atoms with E-state index in [-0.39, 0.29) is 12.1 Å². The molecule has 1 aliphatic carbocycles. The van der Waals surface area contributed by atoms with E-state index in [1.165, 1.54) is 0 Å². The highest BCUT2D eigenvalue weighted by atomic mass is 16.6. The topological polar surface area (TPSA) is 50.4 Å². The summed E-state index contributed by atoms with van der Waals surface area (Å²) < 4.78 is 5.28. The van der Waals surface area contributed by atoms with Crippen LogP contribution < -0.4 is 10.6 Å². The van der Waals surface area contributed by atoms with E-state index in [0.717, 1.165) is 24.9 Å². The van der Waals surface area contributed by atoms with Gasteiger partial charge in [-0.05, 0) is 52.2 Å². The zero-order valence-electron chi connectivity index (χ0n) is 12.5. The molecule has 0 unspecified atom stereocenters. The van der Waals surface area contributed by atoms with Gasteiger partial charge in [0.2, 0.25) is 0 Å². The molecule has 0 aliphatic heterocycles. The molecule has 1 aromatic carbocycles. The lowest BCUT2D eigenvalue weighted by molar-refractivity contribution is 0.0505. The summed E-state index contributed by atoms with van der Waals surface area (Å²) in [7, 11) is 0. The number of hydrogen-bond donors (Lipinski definition) is 2. The Morgan fingerprint density at radius 2 is 1.80 bits per heavy atom. The van der Waals surface area contributed by atoms with Crippen LogP contribution in [-0.2, 0) is 4.74 Å². The average molecular weight is 276 g/mol. The van der Waals surface area contributed by atoms with Crippen molar-refractivity contribution in [2.75, 3.05) is 5.32 Å². The van der Waals surface area contributed by atoms with Crippen molar-refractivity contribution in [2.45, 2.75) is 57.7 Å². The number of nitrogens with one attached hydrogen (secondary N) is 2. The summed E-state index contributed by atoms with van der Waals surface area (Å²) >= 11 is 0. The monoisotopic (exact) mass is 276 g/mol. The van der Waals surface area contributed by atoms with Crippen molar-refractivity contribution < 1.29 is 9.53 Å². The highest BCUT2D eigenvalue weighted by Gasteiger charge is 2.27. The predicted octanol–water partition coefficient (Wildman–Crippen LogP) is 3.54. The number of alkyl carbamates (subject to hydrolysis) is 1. The first-order chi connectivity index (χ1) is 9.42. The predicted molar refractivity (Wildman–Crippen MR) is 80.9 cm³/mol. The summed E-state index contributed by atoms with van der Waals surface area (Å²) in [4.78, 5) is 11.7. The Hall–Kier alpha value is -1.71. The largest absolute Gasteiger partial charge is 0.444 e. The lowest BCUT2D eigenvalue weighted by Crippen LogP contribution is -2.38. The molecule has 1 amide bonds. The van der Waals surface area contributed by atoms with Crippen LogP contribution in [0.25, 0.3) is 0 Å². The van der Waals surface area contributed by atoms with Crippen LogP contribution in [0.2, 0.25) is 0 Å². The van der Waals surface area contributed by atoms with E-state index < -0.39 is 5.60 Å². The van der Waals surface area contributed by atoms with Crippen molar-refractivity contribution in [1.29, 1.82) is 0 Å². The Labute approximate surface area is 120 Å². The lowest BCUT2D eigenvalue weighted by atomic mass is 10.2. The number of carbonyl (C=O) groups excluding carboxylic acids is 1. The molecule has 0 aromatic heterocycles. The minimum Gasteiger partial charge on any atom is -0.444 e. The molecule has 0 bridgehead atoms. The first kappa shape index (κ1) is 14.7. The van der Waals surface area contributed by atoms with Gasteiger partial charge in [0.05, 0.1) is 0 Å². The first-order valence-corrected chi connectivity index (χ1v) is 7.23. The smallest absolute Gasteiger partial charge is 0.407 e. The summed E-state index contributed by atoms with van der Waals surface area (Å²) in [6.07, 6.45) is 2.68. The van der Waals surface area contributed by atoms with Crippen molar-refractivity contribution >= 4 is 11.8 Å². The normalized spacial score (nSPS) is 22.4. The molecule has 4 nitrogen and oxygen atoms in total. The first-order valence-electron chi connectivity index (χ1n) is 7.23. The van der Waals surface area contributed by atoms with E-state index in [2.05, 4.69) is 22.8 Å². The van der Waals surface area contributed by atoms with E-state index in [0.29, 0.717) is 6.04 Å². The molecular weight excluding hydrogens is 252 g/mol. The molecule has 1 aromatic rings. The van der Waals surface area contributed by atoms with Gasteiger partial charge >= 0.3 is 6.09 Å². The fraction of sp³-hybridized carbons (Fsp3) is 0.562. The molecule has 2 N–H and O–H groups in total. The van der Waals surface area contributed by atoms with Gasteiger partial charge in [-0.3, -0.25) is 0 Å². The van der Waals surface area contributed by atoms with Crippen molar-refractivity contribution in [2.24, 2.45) is 0 Å². The second-order valence-corrected chi connectivity index (χ2v) is 6.36. The van der Waals surface area contributed by atoms with Crippen LogP contribution in [0.1, 0.15) is 40.0 Å². The quantitative estimate of drug-likeness (QED) is 0.887. The highest BCUT2D eigenvalue weighted by molar-refractivity contribution is 5.68. The Bertz CT molecular complexity index is 440. The number of para-hydroxylation sites is 1. The van der Waals surface area contributed by atoms with Crippen LogP contribution in [0.4, 0.5) is 10.5 Å². The van der Waals surface area contributed by atoms with Gasteiger partial charge in [-0.25, -0.2) is 4.79 Å². The van der Waals surface area contributed by atoms with Gasteiger partial charge in [0, 0.05) is 17.8 Å². The number of anilines is 1. The molecule has 0 spiro atoms. The summed E-state index contributed by atoms with van der Waals surface area (Å²) in [5.74, 6) is 0. The van der Waals surface area contributed by atoms with Crippen molar-refractivity contribution in [3.63, 3.8) is 0 Å². The number of rotatable bonds is 3. The molecular formula is C16H24N2O2. The third kappa shape index (κ3) is 4.76. The Balaban J connectivity index is 1.77. The number of amides is 1. The van der Waals surface area contributed by atoms with Gasteiger partial charge < -0.3 is 15.4 Å². The van der Waals surface area contributed by atoms with Gasteiger partial charge in [0.25, 0.3) is 0 Å². The molecule has 0 saturated heterocycles. The zero-order valence-corrected chi connectivity index (χ0v) is 12.5. The SMILES string of the molecule is CC(C)(C)OC(=O)N[C@H]1CC[C@@H](Nc2ccccc2)C1. The Morgan fingerprint density at radius 1 is 1.15 bits per heavy atom. The van der Waals surface area contributed by atoms with E-state index >= 15 is 0 Å². The summed E-state index contributed by atoms with van der Waals surface area (Å²) in [5, 5.41) is 6.45. The zero-order chi connectivity index (χ0) is 14.6. The standard InChI is InChI=1S/C16H24N2O2/c1-16(2,3)20-15(19)18-14-10-9-13(11-14)17-12-7-5-4-6-8-12/h4-8,13-14,17H,9-11H2,1-3H3,(H,18,19)/t13-,14+/m1/s1. The minimum atomic E-state index is -0.440. The summed E-state index contributed by atoms with van der Waals surface area (Å²) in [6, 6.07) is 10.8. The van der Waals surface area contributed by atoms with Crippen LogP contribution in [0.5, 0.6) is 0 Å². The fourth-order valence-electron chi connectivity index (χ4n) is 2.49. The Kier molecular flexibility index (Phi) is 4.53. The minimum absolute atomic E-state index is 0.200. The van der Waals surface area contributed by atoms with Gasteiger partial charge in [-0.2, -0.15) is 0 Å². The van der Waals surface area contributed by atoms with Crippen LogP contribution in [-0.4, -0.2) is 23.8 Å². The molecule has 110 valence electrons. The maximum absolute atomic E-state index is 11.7. The van der Waals surface area contributed by atoms with Gasteiger partial charge in [0.15, 0.2) is 0 Å². The van der Waals surface area contributed by atoms with E-state index in [9.17, 15) is 4.79 Å². The van der Waals surface area contributed by atoms with Crippen LogP contribution in [0.3, 0.4) is 0 Å². The Morgan fingerprint density at radius 3 is 2.45 bits per heavy atom. The second kappa shape index (κ2) is 6.16. The molecule has 2 atom stereocenters. The van der Waals surface area contributed by atoms with E-state index in [1.807, 2.05) is 39.0 Å². The third-order valence-electron chi connectivity index (χ3n) is 3.30. The van der Waals surface area contributed by atoms with Crippen molar-refractivity contribution in [1.82, 2.24) is 5.32 Å². The maximum atomic E-state index is 11.7. The van der Waals surface area contributed by atoms with E-state index in [4.69, 9.17) is 4.74 Å². The van der Waals surface area contributed by atoms with Gasteiger partial charge in [-0.1, -0.05) is 18.2 Å². The van der Waals surface area contributed by atoms with Crippen molar-refractivity contribution in [3.8, 4) is 0 Å². The molecule has 1 saturated carbocycles. The van der Waals surface area contributed by atoms with Gasteiger partial charge in [-0.15, -0.1) is 0 Å². The van der Waals surface area contributed by atoms with E-state index in [1.54, 1.807) is 0 Å². The third-order valence-corrected chi connectivity index (χ3v) is 3.30. The average Bonchev–Trinajstić information content (AvgIpc) is 2.75. The van der Waals surface area contributed by atoms with Crippen LogP contribution >= 0.6 is 0 Å².